The lowest BCUT2D eigenvalue weighted by atomic mass is 10.2. The van der Waals surface area contributed by atoms with E-state index in [2.05, 4.69) is 25.7 Å². The second-order valence-corrected chi connectivity index (χ2v) is 11.5. The zero-order valence-corrected chi connectivity index (χ0v) is 23.7. The highest BCUT2D eigenvalue weighted by Gasteiger charge is 2.24. The summed E-state index contributed by atoms with van der Waals surface area (Å²) in [4.78, 5) is 31.6. The highest BCUT2D eigenvalue weighted by molar-refractivity contribution is 7.99. The molecule has 41 heavy (non-hydrogen) atoms. The van der Waals surface area contributed by atoms with E-state index in [1.165, 1.54) is 23.5 Å². The molecule has 0 spiro atoms. The molecule has 0 saturated carbocycles. The molecule has 0 fully saturated rings. The van der Waals surface area contributed by atoms with Gasteiger partial charge in [0.2, 0.25) is 10.9 Å². The first-order chi connectivity index (χ1) is 19.6. The third kappa shape index (κ3) is 7.58. The SMILES string of the molecule is CCSC(Cc1nnc(Oc2ccc([N+](=O)[O-])cc2[N+](=O)[O-])s1)c1nnc(NCOc2ccc(C)cc2[N+](=O)[O-])s1. The molecule has 0 aliphatic rings. The number of nitrogens with zero attached hydrogens (tertiary/aromatic N) is 7. The van der Waals surface area contributed by atoms with Crippen molar-refractivity contribution in [1.82, 2.24) is 20.4 Å². The van der Waals surface area contributed by atoms with Crippen molar-refractivity contribution in [3.05, 3.63) is 82.3 Å². The van der Waals surface area contributed by atoms with Crippen LogP contribution in [-0.4, -0.2) is 47.6 Å². The van der Waals surface area contributed by atoms with Crippen LogP contribution in [0.2, 0.25) is 0 Å². The van der Waals surface area contributed by atoms with E-state index in [4.69, 9.17) is 9.47 Å². The van der Waals surface area contributed by atoms with Gasteiger partial charge in [-0.25, -0.2) is 0 Å². The quantitative estimate of drug-likeness (QED) is 0.102. The lowest BCUT2D eigenvalue weighted by Gasteiger charge is -2.10. The van der Waals surface area contributed by atoms with Gasteiger partial charge < -0.3 is 14.8 Å². The third-order valence-corrected chi connectivity index (χ3v) is 8.29. The smallest absolute Gasteiger partial charge is 0.318 e. The molecule has 0 aliphatic heterocycles. The number of rotatable bonds is 14. The molecule has 1 unspecified atom stereocenters. The van der Waals surface area contributed by atoms with Gasteiger partial charge in [-0.3, -0.25) is 30.3 Å². The summed E-state index contributed by atoms with van der Waals surface area (Å²) >= 11 is 3.98. The van der Waals surface area contributed by atoms with E-state index in [9.17, 15) is 30.3 Å². The number of hydrogen-bond acceptors (Lipinski definition) is 16. The Labute approximate surface area is 243 Å². The van der Waals surface area contributed by atoms with Crippen molar-refractivity contribution in [2.75, 3.05) is 17.8 Å². The molecule has 4 rings (SSSR count). The number of anilines is 1. The Balaban J connectivity index is 1.40. The van der Waals surface area contributed by atoms with Crippen LogP contribution in [0.3, 0.4) is 0 Å². The molecule has 1 atom stereocenters. The molecule has 2 aromatic heterocycles. The highest BCUT2D eigenvalue weighted by atomic mass is 32.2. The summed E-state index contributed by atoms with van der Waals surface area (Å²) in [7, 11) is 0. The molecule has 16 nitrogen and oxygen atoms in total. The fraction of sp³-hybridized carbons (Fsp3) is 0.273. The van der Waals surface area contributed by atoms with E-state index in [0.29, 0.717) is 21.6 Å². The minimum absolute atomic E-state index is 0.0409. The van der Waals surface area contributed by atoms with Crippen LogP contribution in [-0.2, 0) is 6.42 Å². The van der Waals surface area contributed by atoms with Crippen molar-refractivity contribution >= 4 is 56.6 Å². The fourth-order valence-electron chi connectivity index (χ4n) is 3.39. The summed E-state index contributed by atoms with van der Waals surface area (Å²) in [6.07, 6.45) is 0.419. The van der Waals surface area contributed by atoms with Gasteiger partial charge in [0.15, 0.2) is 12.5 Å². The van der Waals surface area contributed by atoms with E-state index in [-0.39, 0.29) is 34.4 Å². The van der Waals surface area contributed by atoms with E-state index in [1.54, 1.807) is 24.8 Å². The topological polar surface area (TPSA) is 211 Å². The predicted octanol–water partition coefficient (Wildman–Crippen LogP) is 5.70. The van der Waals surface area contributed by atoms with Crippen LogP contribution in [0.4, 0.5) is 22.2 Å². The first-order valence-electron chi connectivity index (χ1n) is 11.6. The Morgan fingerprint density at radius 3 is 2.37 bits per heavy atom. The van der Waals surface area contributed by atoms with Gasteiger partial charge in [0, 0.05) is 18.6 Å². The molecule has 0 amide bonds. The van der Waals surface area contributed by atoms with E-state index < -0.39 is 26.1 Å². The van der Waals surface area contributed by atoms with E-state index >= 15 is 0 Å². The summed E-state index contributed by atoms with van der Waals surface area (Å²) in [6, 6.07) is 7.75. The Morgan fingerprint density at radius 2 is 1.66 bits per heavy atom. The first kappa shape index (κ1) is 29.5. The van der Waals surface area contributed by atoms with Gasteiger partial charge in [-0.05, 0) is 30.4 Å². The number of non-ortho nitro benzene ring substituents is 1. The van der Waals surface area contributed by atoms with Crippen molar-refractivity contribution in [2.45, 2.75) is 25.5 Å². The van der Waals surface area contributed by atoms with Crippen LogP contribution >= 0.6 is 34.4 Å². The fourth-order valence-corrected chi connectivity index (χ4v) is 6.16. The van der Waals surface area contributed by atoms with Gasteiger partial charge in [-0.2, -0.15) is 11.8 Å². The monoisotopic (exact) mass is 620 g/mol. The van der Waals surface area contributed by atoms with E-state index in [0.717, 1.165) is 40.9 Å². The number of nitro benzene ring substituents is 3. The average Bonchev–Trinajstić information content (AvgIpc) is 3.58. The van der Waals surface area contributed by atoms with E-state index in [1.807, 2.05) is 6.92 Å². The summed E-state index contributed by atoms with van der Waals surface area (Å²) in [5, 5.41) is 54.7. The molecule has 0 radical (unpaired) electrons. The molecule has 0 bridgehead atoms. The third-order valence-electron chi connectivity index (χ3n) is 5.20. The van der Waals surface area contributed by atoms with Crippen molar-refractivity contribution in [3.63, 3.8) is 0 Å². The number of nitro groups is 3. The van der Waals surface area contributed by atoms with Crippen LogP contribution in [0, 0.1) is 37.3 Å². The number of hydrogen-bond donors (Lipinski definition) is 1. The maximum Gasteiger partial charge on any atom is 0.318 e. The second-order valence-electron chi connectivity index (χ2n) is 8.02. The van der Waals surface area contributed by atoms with Crippen molar-refractivity contribution in [1.29, 1.82) is 0 Å². The number of aromatic nitrogens is 4. The highest BCUT2D eigenvalue weighted by Crippen LogP contribution is 2.39. The normalized spacial score (nSPS) is 11.6. The largest absolute Gasteiger partial charge is 0.466 e. The molecule has 214 valence electrons. The average molecular weight is 621 g/mol. The molecule has 0 saturated heterocycles. The van der Waals surface area contributed by atoms with Gasteiger partial charge in [0.25, 0.3) is 10.9 Å². The zero-order valence-electron chi connectivity index (χ0n) is 21.3. The molecule has 2 aromatic carbocycles. The summed E-state index contributed by atoms with van der Waals surface area (Å²) in [6.45, 7) is 3.68. The molecular formula is C22H20N8O8S3. The van der Waals surface area contributed by atoms with Crippen LogP contribution in [0.25, 0.3) is 0 Å². The number of thioether (sulfide) groups is 1. The maximum atomic E-state index is 11.4. The molecule has 1 N–H and O–H groups in total. The van der Waals surface area contributed by atoms with Gasteiger partial charge in [0.1, 0.15) is 10.0 Å². The Hall–Kier alpha value is -4.49. The zero-order chi connectivity index (χ0) is 29.5. The summed E-state index contributed by atoms with van der Waals surface area (Å²) < 4.78 is 11.1. The van der Waals surface area contributed by atoms with Crippen LogP contribution in [0.1, 0.15) is 27.8 Å². The van der Waals surface area contributed by atoms with Crippen molar-refractivity contribution in [3.8, 4) is 16.7 Å². The van der Waals surface area contributed by atoms with Crippen LogP contribution in [0.5, 0.6) is 16.7 Å². The molecule has 19 heteroatoms. The summed E-state index contributed by atoms with van der Waals surface area (Å²) in [5.41, 5.74) is -0.389. The Kier molecular flexibility index (Phi) is 9.53. The molecular weight excluding hydrogens is 600 g/mol. The Bertz CT molecular complexity index is 1580. The summed E-state index contributed by atoms with van der Waals surface area (Å²) in [5.74, 6) is 0.705. The maximum absolute atomic E-state index is 11.4. The second kappa shape index (κ2) is 13.2. The number of benzene rings is 2. The van der Waals surface area contributed by atoms with Gasteiger partial charge in [-0.1, -0.05) is 40.8 Å². The first-order valence-corrected chi connectivity index (χ1v) is 14.3. The molecule has 2 heterocycles. The minimum Gasteiger partial charge on any atom is -0.466 e. The number of aryl methyl sites for hydroxylation is 1. The Morgan fingerprint density at radius 1 is 0.927 bits per heavy atom. The minimum atomic E-state index is -0.771. The van der Waals surface area contributed by atoms with Gasteiger partial charge in [0.05, 0.1) is 26.1 Å². The standard InChI is InChI=1S/C22H20N8O8S3/c1-3-39-18(20-25-26-21(41-20)23-11-37-16-6-4-12(2)8-14(16)29(33)34)10-19-24-27-22(40-19)38-17-7-5-13(28(31)32)9-15(17)30(35)36/h4-9,18H,3,10-11H2,1-2H3,(H,23,26). The van der Waals surface area contributed by atoms with Gasteiger partial charge in [-0.15, -0.1) is 15.3 Å². The number of ether oxygens (including phenoxy) is 2. The lowest BCUT2D eigenvalue weighted by molar-refractivity contribution is -0.394. The van der Waals surface area contributed by atoms with Crippen molar-refractivity contribution < 1.29 is 24.2 Å². The van der Waals surface area contributed by atoms with Crippen molar-refractivity contribution in [2.24, 2.45) is 0 Å². The van der Waals surface area contributed by atoms with Gasteiger partial charge >= 0.3 is 11.4 Å². The van der Waals surface area contributed by atoms with Crippen LogP contribution in [0.15, 0.2) is 36.4 Å². The molecule has 4 aromatic rings. The van der Waals surface area contributed by atoms with Crippen LogP contribution < -0.4 is 14.8 Å². The predicted molar refractivity (Wildman–Crippen MR) is 151 cm³/mol. The lowest BCUT2D eigenvalue weighted by Crippen LogP contribution is -2.09. The number of nitrogens with one attached hydrogen (secondary N) is 1. The molecule has 0 aliphatic carbocycles.